The van der Waals surface area contributed by atoms with Gasteiger partial charge in [-0.05, 0) is 29.6 Å². The summed E-state index contributed by atoms with van der Waals surface area (Å²) in [5, 5.41) is 21.7. The van der Waals surface area contributed by atoms with E-state index in [-0.39, 0.29) is 16.3 Å². The van der Waals surface area contributed by atoms with Crippen molar-refractivity contribution in [3.8, 4) is 0 Å². The number of nitrogens with zero attached hydrogens (tertiary/aromatic N) is 1. The molecule has 2 aromatic heterocycles. The number of benzene rings is 1. The Morgan fingerprint density at radius 2 is 2.06 bits per heavy atom. The summed E-state index contributed by atoms with van der Waals surface area (Å²) < 4.78 is 2.45. The second-order valence-corrected chi connectivity index (χ2v) is 5.50. The van der Waals surface area contributed by atoms with E-state index >= 15 is 0 Å². The molecule has 3 rings (SSSR count). The van der Waals surface area contributed by atoms with Crippen molar-refractivity contribution in [2.75, 3.05) is 5.23 Å². The van der Waals surface area contributed by atoms with Crippen LogP contribution >= 0.6 is 22.7 Å². The summed E-state index contributed by atoms with van der Waals surface area (Å²) in [6.45, 7) is 0. The smallest absolute Gasteiger partial charge is 0.205 e. The van der Waals surface area contributed by atoms with E-state index in [0.29, 0.717) is 10.1 Å². The number of hydrogen-bond donors (Lipinski definition) is 1. The highest BCUT2D eigenvalue weighted by Crippen LogP contribution is 2.29. The molecule has 0 saturated carbocycles. The van der Waals surface area contributed by atoms with Crippen LogP contribution in [0.2, 0.25) is 0 Å². The summed E-state index contributed by atoms with van der Waals surface area (Å²) in [6, 6.07) is 6.49. The molecule has 0 radical (unpaired) electrons. The van der Waals surface area contributed by atoms with Crippen LogP contribution < -0.4 is 10.7 Å². The Hall–Kier alpha value is -1.47. The van der Waals surface area contributed by atoms with Gasteiger partial charge >= 0.3 is 0 Å². The minimum Gasteiger partial charge on any atom is -0.733 e. The molecule has 3 aromatic rings. The van der Waals surface area contributed by atoms with Gasteiger partial charge in [-0.1, -0.05) is 0 Å². The van der Waals surface area contributed by atoms with Crippen LogP contribution in [-0.4, -0.2) is 5.21 Å². The first-order valence-corrected chi connectivity index (χ1v) is 6.46. The maximum absolute atomic E-state index is 12.1. The minimum absolute atomic E-state index is 0.0673. The van der Waals surface area contributed by atoms with Gasteiger partial charge in [0.25, 0.3) is 0 Å². The van der Waals surface area contributed by atoms with Crippen LogP contribution in [0.1, 0.15) is 0 Å². The summed E-state index contributed by atoms with van der Waals surface area (Å²) in [5.41, 5.74) is -0.0230. The highest BCUT2D eigenvalue weighted by molar-refractivity contribution is 7.29. The van der Waals surface area contributed by atoms with E-state index in [4.69, 9.17) is 5.21 Å². The lowest BCUT2D eigenvalue weighted by molar-refractivity contribution is 0.296. The van der Waals surface area contributed by atoms with E-state index < -0.39 is 0 Å². The van der Waals surface area contributed by atoms with E-state index in [1.54, 1.807) is 6.07 Å². The Kier molecular flexibility index (Phi) is 2.37. The molecule has 0 saturated heterocycles. The molecule has 0 aliphatic rings. The number of thiophene rings is 1. The first-order valence-electron chi connectivity index (χ1n) is 4.77. The van der Waals surface area contributed by atoms with Crippen LogP contribution in [-0.2, 0) is 0 Å². The van der Waals surface area contributed by atoms with Crippen molar-refractivity contribution >= 4 is 47.8 Å². The van der Waals surface area contributed by atoms with Crippen molar-refractivity contribution in [1.82, 2.24) is 0 Å². The SMILES string of the molecule is O=c1c2cc(N([O-])O)ccc2sc2ccsc12. The normalized spacial score (nSPS) is 11.2. The van der Waals surface area contributed by atoms with E-state index in [2.05, 4.69) is 0 Å². The van der Waals surface area contributed by atoms with E-state index in [9.17, 15) is 10.0 Å². The Labute approximate surface area is 104 Å². The van der Waals surface area contributed by atoms with E-state index in [0.717, 1.165) is 9.40 Å². The van der Waals surface area contributed by atoms with Gasteiger partial charge in [0.2, 0.25) is 5.43 Å². The van der Waals surface area contributed by atoms with Gasteiger partial charge in [-0.2, -0.15) is 0 Å². The second kappa shape index (κ2) is 3.78. The third kappa shape index (κ3) is 1.62. The Morgan fingerprint density at radius 1 is 1.24 bits per heavy atom. The molecule has 6 heteroatoms. The van der Waals surface area contributed by atoms with Crippen LogP contribution in [0, 0.1) is 5.21 Å². The minimum atomic E-state index is -0.234. The molecule has 2 heterocycles. The van der Waals surface area contributed by atoms with Crippen LogP contribution in [0.3, 0.4) is 0 Å². The van der Waals surface area contributed by atoms with Gasteiger partial charge < -0.3 is 10.4 Å². The molecule has 0 unspecified atom stereocenters. The first-order chi connectivity index (χ1) is 8.16. The maximum atomic E-state index is 12.1. The maximum Gasteiger partial charge on any atom is 0.205 e. The largest absolute Gasteiger partial charge is 0.733 e. The van der Waals surface area contributed by atoms with Gasteiger partial charge in [-0.15, -0.1) is 22.7 Å². The topological polar surface area (TPSA) is 63.6 Å². The zero-order valence-electron chi connectivity index (χ0n) is 8.41. The summed E-state index contributed by atoms with van der Waals surface area (Å²) in [6.07, 6.45) is 0. The molecule has 4 nitrogen and oxygen atoms in total. The molecule has 0 aliphatic carbocycles. The molecular formula is C11H6NO3S2-. The van der Waals surface area contributed by atoms with Gasteiger partial charge in [0, 0.05) is 14.8 Å². The molecule has 0 amide bonds. The van der Waals surface area contributed by atoms with Gasteiger partial charge in [0.05, 0.1) is 10.4 Å². The van der Waals surface area contributed by atoms with Gasteiger partial charge in [0.1, 0.15) is 0 Å². The summed E-state index contributed by atoms with van der Waals surface area (Å²) in [5.74, 6) is 0. The number of fused-ring (bicyclic) bond motifs is 2. The fourth-order valence-corrected chi connectivity index (χ4v) is 3.74. The zero-order chi connectivity index (χ0) is 12.0. The molecule has 1 aromatic carbocycles. The summed E-state index contributed by atoms with van der Waals surface area (Å²) in [7, 11) is 0. The highest BCUT2D eigenvalue weighted by atomic mass is 32.1. The van der Waals surface area contributed by atoms with E-state index in [1.807, 2.05) is 11.4 Å². The average Bonchev–Trinajstić information content (AvgIpc) is 2.77. The lowest BCUT2D eigenvalue weighted by atomic mass is 10.2. The van der Waals surface area contributed by atoms with Gasteiger partial charge in [0.15, 0.2) is 0 Å². The second-order valence-electron chi connectivity index (χ2n) is 3.50. The fourth-order valence-electron chi connectivity index (χ4n) is 1.69. The Bertz CT molecular complexity index is 760. The van der Waals surface area contributed by atoms with Crippen LogP contribution in [0.4, 0.5) is 5.69 Å². The van der Waals surface area contributed by atoms with Crippen molar-refractivity contribution < 1.29 is 5.21 Å². The van der Waals surface area contributed by atoms with Crippen LogP contribution in [0.15, 0.2) is 34.4 Å². The first kappa shape index (κ1) is 10.7. The number of anilines is 1. The van der Waals surface area contributed by atoms with Crippen molar-refractivity contribution in [1.29, 1.82) is 0 Å². The standard InChI is InChI=1S/C11H6NO3S2/c13-10-7-5-6(12(14)15)1-2-8(7)17-9-3-4-16-11(9)10/h1-5,14H/q-1. The summed E-state index contributed by atoms with van der Waals surface area (Å²) >= 11 is 2.89. The number of rotatable bonds is 1. The third-order valence-corrected chi connectivity index (χ3v) is 4.66. The summed E-state index contributed by atoms with van der Waals surface area (Å²) in [4.78, 5) is 12.1. The molecule has 0 spiro atoms. The third-order valence-electron chi connectivity index (χ3n) is 2.48. The monoisotopic (exact) mass is 264 g/mol. The molecular weight excluding hydrogens is 258 g/mol. The predicted molar refractivity (Wildman–Crippen MR) is 71.1 cm³/mol. The molecule has 0 atom stereocenters. The Balaban J connectivity index is 2.46. The zero-order valence-corrected chi connectivity index (χ0v) is 10.0. The molecule has 0 bridgehead atoms. The molecule has 86 valence electrons. The van der Waals surface area contributed by atoms with Crippen LogP contribution in [0.5, 0.6) is 0 Å². The molecule has 1 N–H and O–H groups in total. The van der Waals surface area contributed by atoms with Crippen molar-refractivity contribution in [3.05, 3.63) is 45.1 Å². The lowest BCUT2D eigenvalue weighted by Gasteiger charge is -2.21. The van der Waals surface area contributed by atoms with Crippen molar-refractivity contribution in [2.45, 2.75) is 0 Å². The number of hydrogen-bond acceptors (Lipinski definition) is 6. The fraction of sp³-hybridized carbons (Fsp3) is 0. The molecule has 0 fully saturated rings. The molecule has 17 heavy (non-hydrogen) atoms. The Morgan fingerprint density at radius 3 is 2.82 bits per heavy atom. The predicted octanol–water partition coefficient (Wildman–Crippen LogP) is 3.17. The van der Waals surface area contributed by atoms with E-state index in [1.165, 1.54) is 34.8 Å². The highest BCUT2D eigenvalue weighted by Gasteiger charge is 2.07. The van der Waals surface area contributed by atoms with Crippen LogP contribution in [0.25, 0.3) is 19.5 Å². The molecule has 0 aliphatic heterocycles. The lowest BCUT2D eigenvalue weighted by Crippen LogP contribution is -2.08. The average molecular weight is 264 g/mol. The van der Waals surface area contributed by atoms with Crippen molar-refractivity contribution in [2.24, 2.45) is 0 Å². The van der Waals surface area contributed by atoms with Gasteiger partial charge in [-0.3, -0.25) is 10.0 Å². The van der Waals surface area contributed by atoms with Crippen molar-refractivity contribution in [3.63, 3.8) is 0 Å². The van der Waals surface area contributed by atoms with Gasteiger partial charge in [-0.25, -0.2) is 0 Å². The quantitative estimate of drug-likeness (QED) is 0.686.